The van der Waals surface area contributed by atoms with Gasteiger partial charge in [-0.1, -0.05) is 5.16 Å². The Morgan fingerprint density at radius 1 is 1.42 bits per heavy atom. The fourth-order valence-corrected chi connectivity index (χ4v) is 2.67. The van der Waals surface area contributed by atoms with E-state index in [9.17, 15) is 10.1 Å². The van der Waals surface area contributed by atoms with Crippen LogP contribution in [0.4, 0.5) is 11.4 Å². The van der Waals surface area contributed by atoms with Gasteiger partial charge < -0.3 is 9.84 Å². The summed E-state index contributed by atoms with van der Waals surface area (Å²) in [7, 11) is 1.64. The van der Waals surface area contributed by atoms with Crippen molar-refractivity contribution in [3.05, 3.63) is 38.2 Å². The average Bonchev–Trinajstić information content (AvgIpc) is 2.68. The van der Waals surface area contributed by atoms with E-state index in [0.717, 1.165) is 5.56 Å². The van der Waals surface area contributed by atoms with Crippen LogP contribution in [-0.4, -0.2) is 17.1 Å². The van der Waals surface area contributed by atoms with E-state index in [0.29, 0.717) is 27.2 Å². The number of nitrogens with zero attached hydrogens (tertiary/aromatic N) is 2. The minimum Gasteiger partial charge on any atom is -0.382 e. The molecule has 0 aliphatic carbocycles. The Morgan fingerprint density at radius 2 is 2.11 bits per heavy atom. The first-order valence-electron chi connectivity index (χ1n) is 5.54. The maximum absolute atomic E-state index is 11.1. The zero-order valence-corrected chi connectivity index (χ0v) is 12.2. The molecule has 1 N–H and O–H groups in total. The molecule has 0 aliphatic heterocycles. The number of aryl methyl sites for hydroxylation is 2. The normalized spacial score (nSPS) is 10.5. The summed E-state index contributed by atoms with van der Waals surface area (Å²) in [6, 6.07) is 3.33. The lowest BCUT2D eigenvalue weighted by Crippen LogP contribution is -1.98. The van der Waals surface area contributed by atoms with Gasteiger partial charge >= 0.3 is 0 Å². The van der Waals surface area contributed by atoms with E-state index in [4.69, 9.17) is 4.52 Å². The summed E-state index contributed by atoms with van der Waals surface area (Å²) in [6.45, 7) is 3.58. The molecule has 1 heterocycles. The van der Waals surface area contributed by atoms with Crippen LogP contribution in [0.15, 0.2) is 21.1 Å². The van der Waals surface area contributed by atoms with Gasteiger partial charge in [-0.15, -0.1) is 0 Å². The third-order valence-electron chi connectivity index (χ3n) is 2.84. The van der Waals surface area contributed by atoms with Gasteiger partial charge in [0.15, 0.2) is 0 Å². The maximum Gasteiger partial charge on any atom is 0.294 e. The highest BCUT2D eigenvalue weighted by atomic mass is 79.9. The van der Waals surface area contributed by atoms with Crippen LogP contribution >= 0.6 is 15.9 Å². The molecule has 100 valence electrons. The van der Waals surface area contributed by atoms with Gasteiger partial charge in [0.2, 0.25) is 0 Å². The van der Waals surface area contributed by atoms with E-state index < -0.39 is 4.92 Å². The monoisotopic (exact) mass is 325 g/mol. The standard InChI is InChI=1S/C12H12BrN3O3/c1-6-11(7(2)19-15-6)8-4-9(13)12(14-3)10(5-8)16(17)18/h4-5,14H,1-3H3. The molecule has 19 heavy (non-hydrogen) atoms. The predicted octanol–water partition coefficient (Wildman–Crippen LogP) is 3.67. The van der Waals surface area contributed by atoms with Crippen molar-refractivity contribution < 1.29 is 9.45 Å². The van der Waals surface area contributed by atoms with Crippen molar-refractivity contribution in [1.82, 2.24) is 5.16 Å². The molecule has 1 aromatic heterocycles. The molecular weight excluding hydrogens is 314 g/mol. The van der Waals surface area contributed by atoms with Crippen molar-refractivity contribution in [1.29, 1.82) is 0 Å². The number of hydrogen-bond acceptors (Lipinski definition) is 5. The van der Waals surface area contributed by atoms with Crippen LogP contribution in [0.1, 0.15) is 11.5 Å². The van der Waals surface area contributed by atoms with Crippen LogP contribution in [0.3, 0.4) is 0 Å². The molecule has 0 spiro atoms. The first-order chi connectivity index (χ1) is 8.95. The topological polar surface area (TPSA) is 81.2 Å². The summed E-state index contributed by atoms with van der Waals surface area (Å²) in [4.78, 5) is 10.7. The summed E-state index contributed by atoms with van der Waals surface area (Å²) in [5.41, 5.74) is 2.64. The van der Waals surface area contributed by atoms with Gasteiger partial charge in [-0.05, 0) is 41.4 Å². The molecule has 7 heteroatoms. The molecule has 0 saturated carbocycles. The molecule has 6 nitrogen and oxygen atoms in total. The van der Waals surface area contributed by atoms with Crippen LogP contribution < -0.4 is 5.32 Å². The Labute approximate surface area is 118 Å². The molecule has 0 radical (unpaired) electrons. The summed E-state index contributed by atoms with van der Waals surface area (Å²) in [5.74, 6) is 0.635. The van der Waals surface area contributed by atoms with Crippen molar-refractivity contribution in [2.45, 2.75) is 13.8 Å². The third kappa shape index (κ3) is 2.33. The molecule has 0 bridgehead atoms. The highest BCUT2D eigenvalue weighted by Crippen LogP contribution is 2.38. The number of nitro benzene ring substituents is 1. The Hall–Kier alpha value is -1.89. The number of hydrogen-bond donors (Lipinski definition) is 1. The van der Waals surface area contributed by atoms with E-state index in [1.54, 1.807) is 20.9 Å². The summed E-state index contributed by atoms with van der Waals surface area (Å²) < 4.78 is 5.72. The van der Waals surface area contributed by atoms with Gasteiger partial charge in [0.05, 0.1) is 10.6 Å². The number of aromatic nitrogens is 1. The van der Waals surface area contributed by atoms with Crippen molar-refractivity contribution in [3.8, 4) is 11.1 Å². The molecule has 0 saturated heterocycles. The molecule has 0 atom stereocenters. The lowest BCUT2D eigenvalue weighted by Gasteiger charge is -2.08. The minimum absolute atomic E-state index is 0.00637. The van der Waals surface area contributed by atoms with E-state index in [2.05, 4.69) is 26.4 Å². The number of halogens is 1. The zero-order chi connectivity index (χ0) is 14.2. The molecule has 2 aromatic rings. The molecule has 0 aliphatic rings. The lowest BCUT2D eigenvalue weighted by atomic mass is 10.0. The Balaban J connectivity index is 2.70. The van der Waals surface area contributed by atoms with E-state index in [-0.39, 0.29) is 5.69 Å². The maximum atomic E-state index is 11.1. The minimum atomic E-state index is -0.418. The van der Waals surface area contributed by atoms with Crippen molar-refractivity contribution >= 4 is 27.3 Å². The van der Waals surface area contributed by atoms with Crippen LogP contribution in [0.25, 0.3) is 11.1 Å². The van der Waals surface area contributed by atoms with E-state index in [1.807, 2.05) is 6.07 Å². The molecule has 1 aromatic carbocycles. The SMILES string of the molecule is CNc1c(Br)cc(-c2c(C)noc2C)cc1[N+](=O)[O-]. The number of anilines is 1. The highest BCUT2D eigenvalue weighted by molar-refractivity contribution is 9.10. The molecule has 0 fully saturated rings. The van der Waals surface area contributed by atoms with Crippen molar-refractivity contribution in [2.24, 2.45) is 0 Å². The predicted molar refractivity (Wildman–Crippen MR) is 75.3 cm³/mol. The second-order valence-corrected chi connectivity index (χ2v) is 4.91. The van der Waals surface area contributed by atoms with Gasteiger partial charge in [-0.25, -0.2) is 0 Å². The first-order valence-corrected chi connectivity index (χ1v) is 6.34. The summed E-state index contributed by atoms with van der Waals surface area (Å²) >= 11 is 3.34. The Morgan fingerprint density at radius 3 is 2.58 bits per heavy atom. The highest BCUT2D eigenvalue weighted by Gasteiger charge is 2.21. The average molecular weight is 326 g/mol. The van der Waals surface area contributed by atoms with Crippen LogP contribution in [0, 0.1) is 24.0 Å². The summed E-state index contributed by atoms with van der Waals surface area (Å²) in [6.07, 6.45) is 0. The number of benzene rings is 1. The third-order valence-corrected chi connectivity index (χ3v) is 3.46. The second kappa shape index (κ2) is 5.00. The molecule has 0 amide bonds. The number of nitrogens with one attached hydrogen (secondary N) is 1. The van der Waals surface area contributed by atoms with Crippen LogP contribution in [-0.2, 0) is 0 Å². The summed E-state index contributed by atoms with van der Waals surface area (Å²) in [5, 5.41) is 17.8. The zero-order valence-electron chi connectivity index (χ0n) is 10.7. The van der Waals surface area contributed by atoms with E-state index in [1.165, 1.54) is 6.07 Å². The van der Waals surface area contributed by atoms with Crippen LogP contribution in [0.5, 0.6) is 0 Å². The largest absolute Gasteiger partial charge is 0.382 e. The lowest BCUT2D eigenvalue weighted by molar-refractivity contribution is -0.383. The Kier molecular flexibility index (Phi) is 3.57. The van der Waals surface area contributed by atoms with Gasteiger partial charge in [-0.3, -0.25) is 10.1 Å². The second-order valence-electron chi connectivity index (χ2n) is 4.06. The fraction of sp³-hybridized carbons (Fsp3) is 0.250. The number of rotatable bonds is 3. The van der Waals surface area contributed by atoms with Gasteiger partial charge in [0.25, 0.3) is 5.69 Å². The van der Waals surface area contributed by atoms with Gasteiger partial charge in [0.1, 0.15) is 11.4 Å². The molecule has 0 unspecified atom stereocenters. The van der Waals surface area contributed by atoms with Crippen LogP contribution in [0.2, 0.25) is 0 Å². The fourth-order valence-electron chi connectivity index (χ4n) is 2.02. The molecular formula is C12H12BrN3O3. The quantitative estimate of drug-likeness (QED) is 0.687. The van der Waals surface area contributed by atoms with Gasteiger partial charge in [-0.2, -0.15) is 0 Å². The van der Waals surface area contributed by atoms with E-state index >= 15 is 0 Å². The number of nitro groups is 1. The molecule has 2 rings (SSSR count). The van der Waals surface area contributed by atoms with Gasteiger partial charge in [0, 0.05) is 23.2 Å². The first kappa shape index (κ1) is 13.5. The van der Waals surface area contributed by atoms with Crippen molar-refractivity contribution in [3.63, 3.8) is 0 Å². The Bertz CT molecular complexity index is 632. The smallest absolute Gasteiger partial charge is 0.294 e. The van der Waals surface area contributed by atoms with Crippen molar-refractivity contribution in [2.75, 3.05) is 12.4 Å².